The van der Waals surface area contributed by atoms with Crippen molar-refractivity contribution in [3.05, 3.63) is 51.5 Å². The summed E-state index contributed by atoms with van der Waals surface area (Å²) in [6.45, 7) is 6.32. The molecular formula is C18H20N4OS. The molecule has 6 heteroatoms. The van der Waals surface area contributed by atoms with E-state index < -0.39 is 0 Å². The third-order valence-corrected chi connectivity index (χ3v) is 5.43. The van der Waals surface area contributed by atoms with Gasteiger partial charge in [0.15, 0.2) is 0 Å². The van der Waals surface area contributed by atoms with Gasteiger partial charge in [0.1, 0.15) is 11.8 Å². The largest absolute Gasteiger partial charge is 0.335 e. The Bertz CT molecular complexity index is 739. The van der Waals surface area contributed by atoms with Crippen molar-refractivity contribution in [1.29, 1.82) is 5.26 Å². The first-order valence-electron chi connectivity index (χ1n) is 8.15. The lowest BCUT2D eigenvalue weighted by atomic mass is 10.2. The molecule has 0 atom stereocenters. The molecule has 1 aliphatic rings. The van der Waals surface area contributed by atoms with Gasteiger partial charge in [-0.3, -0.25) is 9.69 Å². The molecule has 24 heavy (non-hydrogen) atoms. The molecule has 0 N–H and O–H groups in total. The molecule has 0 aliphatic carbocycles. The predicted octanol–water partition coefficient (Wildman–Crippen LogP) is 2.54. The number of aryl methyl sites for hydroxylation is 1. The van der Waals surface area contributed by atoms with Crippen LogP contribution < -0.4 is 0 Å². The van der Waals surface area contributed by atoms with E-state index in [1.165, 1.54) is 16.0 Å². The number of amides is 1. The summed E-state index contributed by atoms with van der Waals surface area (Å²) in [6.07, 6.45) is 2.54. The van der Waals surface area contributed by atoms with Gasteiger partial charge in [-0.25, -0.2) is 4.98 Å². The van der Waals surface area contributed by atoms with E-state index in [1.54, 1.807) is 12.1 Å². The number of aromatic nitrogens is 1. The lowest BCUT2D eigenvalue weighted by Crippen LogP contribution is -2.48. The first-order chi connectivity index (χ1) is 11.7. The first kappa shape index (κ1) is 16.6. The Hall–Kier alpha value is -2.23. The maximum absolute atomic E-state index is 12.5. The van der Waals surface area contributed by atoms with Crippen molar-refractivity contribution in [3.8, 4) is 6.07 Å². The van der Waals surface area contributed by atoms with Crippen molar-refractivity contribution < 1.29 is 4.79 Å². The van der Waals surface area contributed by atoms with Crippen molar-refractivity contribution in [2.24, 2.45) is 0 Å². The zero-order valence-electron chi connectivity index (χ0n) is 13.7. The number of nitriles is 1. The molecule has 0 saturated carbocycles. The lowest BCUT2D eigenvalue weighted by Gasteiger charge is -2.34. The molecule has 1 saturated heterocycles. The van der Waals surface area contributed by atoms with E-state index in [9.17, 15) is 4.79 Å². The van der Waals surface area contributed by atoms with Gasteiger partial charge in [0.05, 0.1) is 5.56 Å². The fourth-order valence-corrected chi connectivity index (χ4v) is 3.78. The van der Waals surface area contributed by atoms with E-state index in [0.717, 1.165) is 26.1 Å². The van der Waals surface area contributed by atoms with Crippen molar-refractivity contribution in [1.82, 2.24) is 14.8 Å². The van der Waals surface area contributed by atoms with Crippen LogP contribution >= 0.6 is 11.3 Å². The summed E-state index contributed by atoms with van der Waals surface area (Å²) >= 11 is 1.88. The van der Waals surface area contributed by atoms with Crippen LogP contribution in [0, 0.1) is 11.3 Å². The second-order valence-corrected chi connectivity index (χ2v) is 7.09. The number of hydrogen-bond acceptors (Lipinski definition) is 5. The van der Waals surface area contributed by atoms with Crippen molar-refractivity contribution in [3.63, 3.8) is 0 Å². The quantitative estimate of drug-likeness (QED) is 0.858. The second kappa shape index (κ2) is 7.56. The highest BCUT2D eigenvalue weighted by atomic mass is 32.1. The average molecular weight is 340 g/mol. The highest BCUT2D eigenvalue weighted by molar-refractivity contribution is 7.11. The van der Waals surface area contributed by atoms with Gasteiger partial charge in [0, 0.05) is 48.7 Å². The average Bonchev–Trinajstić information content (AvgIpc) is 3.09. The Kier molecular flexibility index (Phi) is 5.24. The van der Waals surface area contributed by atoms with Crippen LogP contribution in [0.3, 0.4) is 0 Å². The molecule has 0 spiro atoms. The van der Waals surface area contributed by atoms with E-state index >= 15 is 0 Å². The van der Waals surface area contributed by atoms with Gasteiger partial charge in [-0.05, 0) is 30.7 Å². The van der Waals surface area contributed by atoms with Gasteiger partial charge in [0.2, 0.25) is 0 Å². The van der Waals surface area contributed by atoms with Crippen LogP contribution in [0.5, 0.6) is 0 Å². The minimum absolute atomic E-state index is 0.0523. The van der Waals surface area contributed by atoms with Gasteiger partial charge in [0.25, 0.3) is 5.91 Å². The van der Waals surface area contributed by atoms with Crippen LogP contribution in [-0.4, -0.2) is 46.9 Å². The summed E-state index contributed by atoms with van der Waals surface area (Å²) in [4.78, 5) is 23.6. The van der Waals surface area contributed by atoms with Gasteiger partial charge in [-0.2, -0.15) is 5.26 Å². The molecule has 2 aromatic heterocycles. The molecule has 1 fully saturated rings. The summed E-state index contributed by atoms with van der Waals surface area (Å²) in [5.74, 6) is -0.0523. The topological polar surface area (TPSA) is 60.2 Å². The molecule has 124 valence electrons. The summed E-state index contributed by atoms with van der Waals surface area (Å²) in [6, 6.07) is 9.70. The van der Waals surface area contributed by atoms with Crippen LogP contribution in [0.4, 0.5) is 0 Å². The van der Waals surface area contributed by atoms with Crippen LogP contribution in [-0.2, 0) is 13.0 Å². The smallest absolute Gasteiger partial charge is 0.272 e. The normalized spacial score (nSPS) is 15.2. The van der Waals surface area contributed by atoms with E-state index in [0.29, 0.717) is 24.3 Å². The standard InChI is InChI=1S/C18H20N4OS/c1-2-15-4-5-16(24-15)13-21-7-9-22(10-8-21)18(23)17-6-3-14(11-19)12-20-17/h3-6,12H,2,7-10,13H2,1H3. The van der Waals surface area contributed by atoms with Crippen molar-refractivity contribution >= 4 is 17.2 Å². The van der Waals surface area contributed by atoms with E-state index in [4.69, 9.17) is 5.26 Å². The number of nitrogens with zero attached hydrogens (tertiary/aromatic N) is 4. The minimum Gasteiger partial charge on any atom is -0.335 e. The summed E-state index contributed by atoms with van der Waals surface area (Å²) in [7, 11) is 0. The van der Waals surface area contributed by atoms with E-state index in [-0.39, 0.29) is 5.91 Å². The number of pyridine rings is 1. The number of carbonyl (C=O) groups is 1. The summed E-state index contributed by atoms with van der Waals surface area (Å²) in [5.41, 5.74) is 0.882. The lowest BCUT2D eigenvalue weighted by molar-refractivity contribution is 0.0624. The van der Waals surface area contributed by atoms with Gasteiger partial charge in [-0.1, -0.05) is 6.92 Å². The van der Waals surface area contributed by atoms with Crippen LogP contribution in [0.1, 0.15) is 32.7 Å². The Morgan fingerprint density at radius 3 is 2.54 bits per heavy atom. The molecule has 0 aromatic carbocycles. The third-order valence-electron chi connectivity index (χ3n) is 4.22. The molecule has 0 unspecified atom stereocenters. The van der Waals surface area contributed by atoms with E-state index in [1.807, 2.05) is 22.3 Å². The molecule has 5 nitrogen and oxygen atoms in total. The Labute approximate surface area is 146 Å². The highest BCUT2D eigenvalue weighted by Gasteiger charge is 2.23. The molecule has 0 radical (unpaired) electrons. The number of rotatable bonds is 4. The van der Waals surface area contributed by atoms with Gasteiger partial charge < -0.3 is 4.90 Å². The second-order valence-electron chi connectivity index (χ2n) is 5.83. The summed E-state index contributed by atoms with van der Waals surface area (Å²) in [5, 5.41) is 8.79. The first-order valence-corrected chi connectivity index (χ1v) is 8.96. The predicted molar refractivity (Wildman–Crippen MR) is 93.8 cm³/mol. The Morgan fingerprint density at radius 1 is 1.21 bits per heavy atom. The molecule has 3 heterocycles. The molecule has 0 bridgehead atoms. The Morgan fingerprint density at radius 2 is 1.96 bits per heavy atom. The van der Waals surface area contributed by atoms with E-state index in [2.05, 4.69) is 28.9 Å². The molecule has 1 amide bonds. The third kappa shape index (κ3) is 3.81. The maximum atomic E-state index is 12.5. The molecule has 2 aromatic rings. The van der Waals surface area contributed by atoms with Crippen molar-refractivity contribution in [2.75, 3.05) is 26.2 Å². The molecule has 1 aliphatic heterocycles. The monoisotopic (exact) mass is 340 g/mol. The number of piperazine rings is 1. The fraction of sp³-hybridized carbons (Fsp3) is 0.389. The van der Waals surface area contributed by atoms with Crippen molar-refractivity contribution in [2.45, 2.75) is 19.9 Å². The minimum atomic E-state index is -0.0523. The molecular weight excluding hydrogens is 320 g/mol. The zero-order valence-corrected chi connectivity index (χ0v) is 14.6. The van der Waals surface area contributed by atoms with Crippen LogP contribution in [0.15, 0.2) is 30.5 Å². The zero-order chi connectivity index (χ0) is 16.9. The van der Waals surface area contributed by atoms with Crippen LogP contribution in [0.25, 0.3) is 0 Å². The molecule has 3 rings (SSSR count). The maximum Gasteiger partial charge on any atom is 0.272 e. The highest BCUT2D eigenvalue weighted by Crippen LogP contribution is 2.19. The Balaban J connectivity index is 1.54. The van der Waals surface area contributed by atoms with Gasteiger partial charge in [-0.15, -0.1) is 11.3 Å². The number of hydrogen-bond donors (Lipinski definition) is 0. The summed E-state index contributed by atoms with van der Waals surface area (Å²) < 4.78 is 0. The number of carbonyl (C=O) groups excluding carboxylic acids is 1. The van der Waals surface area contributed by atoms with Crippen LogP contribution in [0.2, 0.25) is 0 Å². The fourth-order valence-electron chi connectivity index (χ4n) is 2.78. The SMILES string of the molecule is CCc1ccc(CN2CCN(C(=O)c3ccc(C#N)cn3)CC2)s1. The number of thiophene rings is 1. The van der Waals surface area contributed by atoms with Gasteiger partial charge >= 0.3 is 0 Å².